The van der Waals surface area contributed by atoms with E-state index in [-0.39, 0.29) is 0 Å². The van der Waals surface area contributed by atoms with E-state index >= 15 is 0 Å². The van der Waals surface area contributed by atoms with Gasteiger partial charge in [0.05, 0.1) is 5.02 Å². The van der Waals surface area contributed by atoms with Gasteiger partial charge in [0.15, 0.2) is 0 Å². The van der Waals surface area contributed by atoms with E-state index < -0.39 is 0 Å². The summed E-state index contributed by atoms with van der Waals surface area (Å²) in [5.41, 5.74) is 6.62. The van der Waals surface area contributed by atoms with Crippen molar-refractivity contribution in [2.45, 2.75) is 6.42 Å². The molecule has 0 unspecified atom stereocenters. The summed E-state index contributed by atoms with van der Waals surface area (Å²) in [5.74, 6) is 1.50. The Balaban J connectivity index is 1.89. The molecule has 3 nitrogen and oxygen atoms in total. The molecule has 0 bridgehead atoms. The van der Waals surface area contributed by atoms with Crippen molar-refractivity contribution in [1.29, 1.82) is 0 Å². The van der Waals surface area contributed by atoms with Crippen molar-refractivity contribution >= 4 is 27.5 Å². The van der Waals surface area contributed by atoms with Crippen LogP contribution in [0.25, 0.3) is 0 Å². The van der Waals surface area contributed by atoms with Crippen molar-refractivity contribution in [2.24, 2.45) is 5.73 Å². The zero-order valence-electron chi connectivity index (χ0n) is 11.5. The number of halogens is 2. The molecule has 0 heterocycles. The lowest BCUT2D eigenvalue weighted by molar-refractivity contribution is 0.216. The van der Waals surface area contributed by atoms with Gasteiger partial charge in [-0.2, -0.15) is 0 Å². The van der Waals surface area contributed by atoms with Crippen LogP contribution in [-0.2, 0) is 6.42 Å². The van der Waals surface area contributed by atoms with Gasteiger partial charge in [0.2, 0.25) is 0 Å². The maximum atomic E-state index is 6.17. The van der Waals surface area contributed by atoms with Gasteiger partial charge in [0.1, 0.15) is 24.7 Å². The Morgan fingerprint density at radius 1 is 1.05 bits per heavy atom. The van der Waals surface area contributed by atoms with E-state index in [1.165, 1.54) is 0 Å². The predicted molar refractivity (Wildman–Crippen MR) is 89.3 cm³/mol. The third-order valence-electron chi connectivity index (χ3n) is 2.86. The molecule has 112 valence electrons. The Hall–Kier alpha value is -1.23. The van der Waals surface area contributed by atoms with Crippen LogP contribution in [0.4, 0.5) is 0 Å². The highest BCUT2D eigenvalue weighted by Crippen LogP contribution is 2.28. The zero-order chi connectivity index (χ0) is 15.1. The average molecular weight is 371 g/mol. The molecule has 2 aromatic rings. The van der Waals surface area contributed by atoms with Crippen LogP contribution >= 0.6 is 27.5 Å². The van der Waals surface area contributed by atoms with Crippen molar-refractivity contribution in [3.8, 4) is 11.5 Å². The van der Waals surface area contributed by atoms with Crippen LogP contribution in [0.5, 0.6) is 11.5 Å². The molecule has 2 aromatic carbocycles. The Kier molecular flexibility index (Phi) is 6.36. The number of nitrogens with two attached hydrogens (primary N) is 1. The summed E-state index contributed by atoms with van der Waals surface area (Å²) in [5, 5.41) is 0.600. The van der Waals surface area contributed by atoms with E-state index in [9.17, 15) is 0 Å². The second-order valence-electron chi connectivity index (χ2n) is 4.42. The molecule has 5 heteroatoms. The third-order valence-corrected chi connectivity index (χ3v) is 3.65. The molecule has 0 fully saturated rings. The number of ether oxygens (including phenoxy) is 2. The van der Waals surface area contributed by atoms with Gasteiger partial charge in [-0.1, -0.05) is 45.7 Å². The van der Waals surface area contributed by atoms with Gasteiger partial charge in [-0.3, -0.25) is 0 Å². The summed E-state index contributed by atoms with van der Waals surface area (Å²) in [7, 11) is 0. The molecule has 2 N–H and O–H groups in total. The van der Waals surface area contributed by atoms with Gasteiger partial charge < -0.3 is 15.2 Å². The van der Waals surface area contributed by atoms with E-state index in [4.69, 9.17) is 26.8 Å². The molecule has 0 aliphatic carbocycles. The first-order valence-corrected chi connectivity index (χ1v) is 7.86. The monoisotopic (exact) mass is 369 g/mol. The molecule has 0 amide bonds. The third kappa shape index (κ3) is 4.92. The maximum Gasteiger partial charge on any atom is 0.141 e. The second-order valence-corrected chi connectivity index (χ2v) is 5.74. The van der Waals surface area contributed by atoms with Crippen LogP contribution in [0, 0.1) is 0 Å². The first-order valence-electron chi connectivity index (χ1n) is 6.69. The lowest BCUT2D eigenvalue weighted by Gasteiger charge is -2.13. The van der Waals surface area contributed by atoms with Gasteiger partial charge in [0, 0.05) is 4.47 Å². The highest BCUT2D eigenvalue weighted by molar-refractivity contribution is 9.10. The van der Waals surface area contributed by atoms with E-state index in [2.05, 4.69) is 15.9 Å². The summed E-state index contributed by atoms with van der Waals surface area (Å²) in [6.45, 7) is 1.43. The fourth-order valence-corrected chi connectivity index (χ4v) is 2.55. The highest BCUT2D eigenvalue weighted by atomic mass is 79.9. The number of benzene rings is 2. The first kappa shape index (κ1) is 16.1. The van der Waals surface area contributed by atoms with Crippen LogP contribution in [0.1, 0.15) is 5.56 Å². The first-order chi connectivity index (χ1) is 10.2. The van der Waals surface area contributed by atoms with Crippen molar-refractivity contribution in [3.05, 3.63) is 57.5 Å². The zero-order valence-corrected chi connectivity index (χ0v) is 13.9. The van der Waals surface area contributed by atoms with Crippen LogP contribution in [0.2, 0.25) is 5.02 Å². The van der Waals surface area contributed by atoms with E-state index in [1.54, 1.807) is 0 Å². The van der Waals surface area contributed by atoms with Crippen LogP contribution in [0.15, 0.2) is 46.9 Å². The predicted octanol–water partition coefficient (Wildman–Crippen LogP) is 4.06. The molecule has 0 aromatic heterocycles. The summed E-state index contributed by atoms with van der Waals surface area (Å²) >= 11 is 9.57. The van der Waals surface area contributed by atoms with E-state index in [1.807, 2.05) is 42.5 Å². The minimum atomic E-state index is 0.424. The largest absolute Gasteiger partial charge is 0.490 e. The molecule has 0 saturated carbocycles. The normalized spacial score (nSPS) is 10.4. The second kappa shape index (κ2) is 8.27. The Morgan fingerprint density at radius 2 is 1.81 bits per heavy atom. The quantitative estimate of drug-likeness (QED) is 0.748. The molecule has 0 atom stereocenters. The molecule has 0 radical (unpaired) electrons. The van der Waals surface area contributed by atoms with Gasteiger partial charge >= 0.3 is 0 Å². The molecule has 0 aliphatic heterocycles. The van der Waals surface area contributed by atoms with Crippen molar-refractivity contribution in [3.63, 3.8) is 0 Å². The summed E-state index contributed by atoms with van der Waals surface area (Å²) in [4.78, 5) is 0. The minimum absolute atomic E-state index is 0.424. The van der Waals surface area contributed by atoms with Crippen molar-refractivity contribution < 1.29 is 9.47 Å². The Morgan fingerprint density at radius 3 is 2.57 bits per heavy atom. The number of hydrogen-bond donors (Lipinski definition) is 1. The molecule has 2 rings (SSSR count). The molecular weight excluding hydrogens is 354 g/mol. The SMILES string of the molecule is NCCc1cccc(Cl)c1OCCOc1cccc(Br)c1. The maximum absolute atomic E-state index is 6.17. The van der Waals surface area contributed by atoms with Gasteiger partial charge in [0.25, 0.3) is 0 Å². The van der Waals surface area contributed by atoms with E-state index in [0.717, 1.165) is 22.2 Å². The number of rotatable bonds is 7. The smallest absolute Gasteiger partial charge is 0.141 e. The van der Waals surface area contributed by atoms with E-state index in [0.29, 0.717) is 30.5 Å². The lowest BCUT2D eigenvalue weighted by Crippen LogP contribution is -2.11. The van der Waals surface area contributed by atoms with Crippen molar-refractivity contribution in [2.75, 3.05) is 19.8 Å². The van der Waals surface area contributed by atoms with Crippen LogP contribution in [0.3, 0.4) is 0 Å². The fourth-order valence-electron chi connectivity index (χ4n) is 1.93. The minimum Gasteiger partial charge on any atom is -0.490 e. The van der Waals surface area contributed by atoms with Gasteiger partial charge in [-0.05, 0) is 42.8 Å². The Labute approximate surface area is 138 Å². The molecule has 0 aliphatic rings. The summed E-state index contributed by atoms with van der Waals surface area (Å²) in [6.07, 6.45) is 0.738. The molecular formula is C16H17BrClNO2. The van der Waals surface area contributed by atoms with Crippen molar-refractivity contribution in [1.82, 2.24) is 0 Å². The van der Waals surface area contributed by atoms with Crippen LogP contribution in [-0.4, -0.2) is 19.8 Å². The number of hydrogen-bond acceptors (Lipinski definition) is 3. The summed E-state index contributed by atoms with van der Waals surface area (Å²) in [6, 6.07) is 13.4. The fraction of sp³-hybridized carbons (Fsp3) is 0.250. The topological polar surface area (TPSA) is 44.5 Å². The van der Waals surface area contributed by atoms with Crippen LogP contribution < -0.4 is 15.2 Å². The van der Waals surface area contributed by atoms with Gasteiger partial charge in [-0.15, -0.1) is 0 Å². The molecule has 21 heavy (non-hydrogen) atoms. The average Bonchev–Trinajstić information content (AvgIpc) is 2.46. The molecule has 0 spiro atoms. The highest BCUT2D eigenvalue weighted by Gasteiger charge is 2.07. The summed E-state index contributed by atoms with van der Waals surface area (Å²) < 4.78 is 12.4. The Bertz CT molecular complexity index is 592. The van der Waals surface area contributed by atoms with Gasteiger partial charge in [-0.25, -0.2) is 0 Å². The number of para-hydroxylation sites is 1. The molecule has 0 saturated heterocycles. The lowest BCUT2D eigenvalue weighted by atomic mass is 10.1. The standard InChI is InChI=1S/C16H17BrClNO2/c17-13-4-2-5-14(11-13)20-9-10-21-16-12(7-8-19)3-1-6-15(16)18/h1-6,11H,7-10,19H2.